The van der Waals surface area contributed by atoms with Gasteiger partial charge in [-0.3, -0.25) is 14.4 Å². The molecular weight excluding hydrogens is 383 g/mol. The average molecular weight is 406 g/mol. The molecule has 28 heavy (non-hydrogen) atoms. The molecule has 2 aliphatic rings. The van der Waals surface area contributed by atoms with E-state index in [0.29, 0.717) is 31.6 Å². The number of nitrogens with zero attached hydrogens (tertiary/aromatic N) is 3. The van der Waals surface area contributed by atoms with Crippen molar-refractivity contribution >= 4 is 21.4 Å². The molecule has 0 bridgehead atoms. The first-order valence-electron chi connectivity index (χ1n) is 9.28. The first-order chi connectivity index (χ1) is 13.2. The molecule has 0 atom stereocenters. The predicted molar refractivity (Wildman–Crippen MR) is 103 cm³/mol. The molecule has 4 rings (SSSR count). The Bertz CT molecular complexity index is 1010. The molecule has 7 nitrogen and oxygen atoms in total. The number of piperidine rings is 1. The van der Waals surface area contributed by atoms with Gasteiger partial charge >= 0.3 is 0 Å². The Labute approximate surface area is 163 Å². The Kier molecular flexibility index (Phi) is 4.75. The van der Waals surface area contributed by atoms with Gasteiger partial charge in [0.1, 0.15) is 15.7 Å². The lowest BCUT2D eigenvalue weighted by atomic mass is 9.73. The lowest BCUT2D eigenvalue weighted by Gasteiger charge is -2.37. The summed E-state index contributed by atoms with van der Waals surface area (Å²) in [5.74, 6) is -0.300. The Morgan fingerprint density at radius 1 is 1.29 bits per heavy atom. The minimum Gasteiger partial charge on any atom is -0.325 e. The number of hydrogen-bond donors (Lipinski definition) is 1. The Morgan fingerprint density at radius 2 is 2.04 bits per heavy atom. The van der Waals surface area contributed by atoms with Gasteiger partial charge in [-0.2, -0.15) is 5.10 Å². The minimum atomic E-state index is -3.02. The van der Waals surface area contributed by atoms with E-state index in [4.69, 9.17) is 0 Å². The van der Waals surface area contributed by atoms with Crippen LogP contribution in [-0.2, 0) is 33.1 Å². The van der Waals surface area contributed by atoms with Gasteiger partial charge in [0, 0.05) is 30.2 Å². The third-order valence-corrected chi connectivity index (χ3v) is 6.60. The number of rotatable bonds is 5. The van der Waals surface area contributed by atoms with E-state index in [0.717, 1.165) is 24.2 Å². The van der Waals surface area contributed by atoms with Crippen LogP contribution >= 0.6 is 0 Å². The van der Waals surface area contributed by atoms with Crippen LogP contribution in [0.5, 0.6) is 0 Å². The van der Waals surface area contributed by atoms with Crippen LogP contribution in [0, 0.1) is 5.82 Å². The second-order valence-corrected chi connectivity index (χ2v) is 10.0. The second-order valence-electron chi connectivity index (χ2n) is 7.74. The summed E-state index contributed by atoms with van der Waals surface area (Å²) >= 11 is 0. The molecule has 1 fully saturated rings. The van der Waals surface area contributed by atoms with Gasteiger partial charge in [0.25, 0.3) is 0 Å². The molecule has 0 unspecified atom stereocenters. The molecule has 1 amide bonds. The maximum atomic E-state index is 13.7. The number of benzene rings is 1. The molecule has 1 N–H and O–H groups in total. The highest BCUT2D eigenvalue weighted by Gasteiger charge is 2.48. The van der Waals surface area contributed by atoms with Crippen molar-refractivity contribution in [3.8, 4) is 0 Å². The van der Waals surface area contributed by atoms with E-state index in [9.17, 15) is 17.6 Å². The van der Waals surface area contributed by atoms with Crippen LogP contribution in [0.3, 0.4) is 0 Å². The number of fused-ring (bicyclic) bond motifs is 2. The predicted octanol–water partition coefficient (Wildman–Crippen LogP) is 1.55. The Balaban J connectivity index is 1.40. The number of aryl methyl sites for hydroxylation is 1. The Morgan fingerprint density at radius 3 is 2.75 bits per heavy atom. The van der Waals surface area contributed by atoms with Crippen molar-refractivity contribution in [2.45, 2.75) is 31.3 Å². The second kappa shape index (κ2) is 6.97. The van der Waals surface area contributed by atoms with E-state index in [1.807, 2.05) is 6.20 Å². The molecule has 1 aromatic carbocycles. The summed E-state index contributed by atoms with van der Waals surface area (Å²) in [5.41, 5.74) is 1.85. The topological polar surface area (TPSA) is 84.3 Å². The maximum absolute atomic E-state index is 13.7. The van der Waals surface area contributed by atoms with Crippen molar-refractivity contribution in [1.29, 1.82) is 0 Å². The fraction of sp³-hybridized carbons (Fsp3) is 0.474. The van der Waals surface area contributed by atoms with Crippen molar-refractivity contribution in [2.75, 3.05) is 30.4 Å². The van der Waals surface area contributed by atoms with E-state index in [2.05, 4.69) is 15.3 Å². The van der Waals surface area contributed by atoms with E-state index in [1.165, 1.54) is 18.4 Å². The van der Waals surface area contributed by atoms with Crippen LogP contribution < -0.4 is 5.32 Å². The van der Waals surface area contributed by atoms with Crippen molar-refractivity contribution < 1.29 is 17.6 Å². The van der Waals surface area contributed by atoms with Crippen LogP contribution in [0.15, 0.2) is 30.6 Å². The van der Waals surface area contributed by atoms with Gasteiger partial charge < -0.3 is 5.32 Å². The molecule has 0 radical (unpaired) electrons. The zero-order valence-corrected chi connectivity index (χ0v) is 16.5. The quantitative estimate of drug-likeness (QED) is 0.815. The number of anilines is 1. The molecule has 0 aliphatic carbocycles. The van der Waals surface area contributed by atoms with E-state index >= 15 is 0 Å². The lowest BCUT2D eigenvalue weighted by Crippen LogP contribution is -2.46. The highest BCUT2D eigenvalue weighted by atomic mass is 32.2. The van der Waals surface area contributed by atoms with Crippen LogP contribution in [0.25, 0.3) is 0 Å². The summed E-state index contributed by atoms with van der Waals surface area (Å²) in [6, 6.07) is 4.48. The summed E-state index contributed by atoms with van der Waals surface area (Å²) in [7, 11) is -3.02. The average Bonchev–Trinajstić information content (AvgIpc) is 3.18. The van der Waals surface area contributed by atoms with Crippen molar-refractivity contribution in [1.82, 2.24) is 14.7 Å². The third-order valence-electron chi connectivity index (χ3n) is 5.67. The highest BCUT2D eigenvalue weighted by molar-refractivity contribution is 7.90. The molecule has 1 spiro atoms. The molecular formula is C19H23FN4O3S. The maximum Gasteiger partial charge on any atom is 0.235 e. The zero-order chi connectivity index (χ0) is 19.9. The molecule has 150 valence electrons. The van der Waals surface area contributed by atoms with E-state index in [1.54, 1.807) is 16.9 Å². The van der Waals surface area contributed by atoms with E-state index < -0.39 is 15.3 Å². The van der Waals surface area contributed by atoms with Crippen molar-refractivity contribution in [3.63, 3.8) is 0 Å². The number of hydrogen-bond acceptors (Lipinski definition) is 5. The molecule has 2 aliphatic heterocycles. The minimum absolute atomic E-state index is 0.0404. The van der Waals surface area contributed by atoms with Gasteiger partial charge in [-0.15, -0.1) is 0 Å². The van der Waals surface area contributed by atoms with Gasteiger partial charge in [0.05, 0.1) is 23.9 Å². The smallest absolute Gasteiger partial charge is 0.235 e. The van der Waals surface area contributed by atoms with Crippen LogP contribution in [0.2, 0.25) is 0 Å². The zero-order valence-electron chi connectivity index (χ0n) is 15.7. The molecule has 0 saturated carbocycles. The fourth-order valence-corrected chi connectivity index (χ4v) is 4.62. The largest absolute Gasteiger partial charge is 0.325 e. The monoisotopic (exact) mass is 406 g/mol. The first kappa shape index (κ1) is 19.1. The van der Waals surface area contributed by atoms with Gasteiger partial charge in [-0.1, -0.05) is 0 Å². The molecule has 1 aromatic heterocycles. The summed E-state index contributed by atoms with van der Waals surface area (Å²) in [6.07, 6.45) is 6.10. The number of amides is 1. The standard InChI is InChI=1S/C19H23FN4O3S/c1-28(26,27)9-8-24-13-14(11-21-24)12-23-6-4-19(5-7-23)16-10-15(20)2-3-17(16)22-18(19)25/h2-3,10-11,13H,4-9,12H2,1H3,(H,22,25). The summed E-state index contributed by atoms with van der Waals surface area (Å²) < 4.78 is 37.9. The molecule has 2 aromatic rings. The summed E-state index contributed by atoms with van der Waals surface area (Å²) in [5, 5.41) is 7.12. The number of aromatic nitrogens is 2. The number of carbonyl (C=O) groups is 1. The third kappa shape index (κ3) is 3.68. The van der Waals surface area contributed by atoms with Gasteiger partial charge in [0.2, 0.25) is 5.91 Å². The highest BCUT2D eigenvalue weighted by Crippen LogP contribution is 2.45. The van der Waals surface area contributed by atoms with E-state index in [-0.39, 0.29) is 17.5 Å². The van der Waals surface area contributed by atoms with Crippen LogP contribution in [0.1, 0.15) is 24.0 Å². The number of halogens is 1. The van der Waals surface area contributed by atoms with Gasteiger partial charge in [-0.25, -0.2) is 12.8 Å². The van der Waals surface area contributed by atoms with Crippen LogP contribution in [-0.4, -0.2) is 54.1 Å². The molecule has 3 heterocycles. The lowest BCUT2D eigenvalue weighted by molar-refractivity contribution is -0.122. The number of nitrogens with one attached hydrogen (secondary N) is 1. The number of likely N-dealkylation sites (tertiary alicyclic amines) is 1. The fourth-order valence-electron chi connectivity index (χ4n) is 4.10. The SMILES string of the molecule is CS(=O)(=O)CCn1cc(CN2CCC3(CC2)C(=O)Nc2ccc(F)cc23)cn1. The number of sulfone groups is 1. The van der Waals surface area contributed by atoms with Gasteiger partial charge in [0.15, 0.2) is 0 Å². The number of carbonyl (C=O) groups excluding carboxylic acids is 1. The normalized spacial score (nSPS) is 19.0. The molecule has 9 heteroatoms. The van der Waals surface area contributed by atoms with Crippen molar-refractivity contribution in [2.24, 2.45) is 0 Å². The first-order valence-corrected chi connectivity index (χ1v) is 11.3. The van der Waals surface area contributed by atoms with Crippen molar-refractivity contribution in [3.05, 3.63) is 47.5 Å². The van der Waals surface area contributed by atoms with Crippen LogP contribution in [0.4, 0.5) is 10.1 Å². The Hall–Kier alpha value is -2.26. The van der Waals surface area contributed by atoms with Gasteiger partial charge in [-0.05, 0) is 49.7 Å². The molecule has 1 saturated heterocycles. The summed E-state index contributed by atoms with van der Waals surface area (Å²) in [6.45, 7) is 2.47. The summed E-state index contributed by atoms with van der Waals surface area (Å²) in [4.78, 5) is 14.9.